The molecule has 2 rings (SSSR count). The zero-order valence-electron chi connectivity index (χ0n) is 8.94. The molecule has 0 amide bonds. The molecule has 0 spiro atoms. The second-order valence-electron chi connectivity index (χ2n) is 3.50. The molecule has 7 heteroatoms. The molecule has 1 heterocycles. The van der Waals surface area contributed by atoms with E-state index in [1.54, 1.807) is 0 Å². The van der Waals surface area contributed by atoms with Gasteiger partial charge in [0, 0.05) is 11.1 Å². The van der Waals surface area contributed by atoms with Gasteiger partial charge in [0.1, 0.15) is 0 Å². The van der Waals surface area contributed by atoms with E-state index in [1.165, 1.54) is 18.2 Å². The van der Waals surface area contributed by atoms with Crippen LogP contribution in [-0.4, -0.2) is 22.1 Å². The van der Waals surface area contributed by atoms with Crippen molar-refractivity contribution in [3.8, 4) is 0 Å². The van der Waals surface area contributed by atoms with Gasteiger partial charge in [0.25, 0.3) is 5.78 Å². The summed E-state index contributed by atoms with van der Waals surface area (Å²) in [5.74, 6) is -1.58. The van der Waals surface area contributed by atoms with E-state index >= 15 is 0 Å². The summed E-state index contributed by atoms with van der Waals surface area (Å²) in [6, 6.07) is 0. The molecule has 1 aliphatic carbocycles. The third-order valence-electron chi connectivity index (χ3n) is 2.27. The van der Waals surface area contributed by atoms with Gasteiger partial charge in [-0.1, -0.05) is 29.5 Å². The summed E-state index contributed by atoms with van der Waals surface area (Å²) in [6.45, 7) is 0. The molecule has 94 valence electrons. The highest BCUT2D eigenvalue weighted by atomic mass is 19.4. The van der Waals surface area contributed by atoms with E-state index < -0.39 is 12.0 Å². The van der Waals surface area contributed by atoms with Crippen molar-refractivity contribution in [2.24, 2.45) is 0 Å². The van der Waals surface area contributed by atoms with Gasteiger partial charge in [-0.25, -0.2) is 0 Å². The smallest absolute Gasteiger partial charge is 0.342 e. The minimum absolute atomic E-state index is 0.0871. The van der Waals surface area contributed by atoms with Crippen LogP contribution < -0.4 is 0 Å². The number of rotatable bonds is 2. The van der Waals surface area contributed by atoms with E-state index in [0.717, 1.165) is 12.5 Å². The lowest BCUT2D eigenvalue weighted by Crippen LogP contribution is -2.24. The van der Waals surface area contributed by atoms with Crippen molar-refractivity contribution in [3.63, 3.8) is 0 Å². The largest absolute Gasteiger partial charge is 0.454 e. The maximum absolute atomic E-state index is 12.3. The molecule has 0 radical (unpaired) electrons. The van der Waals surface area contributed by atoms with Crippen LogP contribution in [0.3, 0.4) is 0 Å². The number of ketones is 1. The number of aromatic nitrogens is 2. The average molecular weight is 256 g/mol. The van der Waals surface area contributed by atoms with Crippen LogP contribution in [0.1, 0.15) is 12.2 Å². The third-order valence-corrected chi connectivity index (χ3v) is 2.27. The van der Waals surface area contributed by atoms with Crippen LogP contribution in [0.2, 0.25) is 0 Å². The zero-order chi connectivity index (χ0) is 13.2. The van der Waals surface area contributed by atoms with E-state index in [1.807, 2.05) is 0 Å². The summed E-state index contributed by atoms with van der Waals surface area (Å²) in [7, 11) is 0. The normalized spacial score (nSPS) is 15.9. The highest BCUT2D eigenvalue weighted by Gasteiger charge is 2.40. The van der Waals surface area contributed by atoms with Gasteiger partial charge in [-0.3, -0.25) is 4.79 Å². The molecular weight excluding hydrogens is 249 g/mol. The van der Waals surface area contributed by atoms with Crippen LogP contribution in [0.15, 0.2) is 40.8 Å². The van der Waals surface area contributed by atoms with Crippen LogP contribution >= 0.6 is 0 Å². The molecule has 1 aromatic heterocycles. The first kappa shape index (κ1) is 12.3. The second-order valence-corrected chi connectivity index (χ2v) is 3.50. The number of allylic oxidation sites excluding steroid dienone is 6. The fraction of sp³-hybridized carbons (Fsp3) is 0.182. The standard InChI is InChI=1S/C11H7F3N2O2/c12-11(13,14)9(17)7-2-1-3-8(5-4-7)10-15-6-18-16-10/h1,3-6H,2H2. The molecule has 0 atom stereocenters. The lowest BCUT2D eigenvalue weighted by molar-refractivity contribution is -0.166. The lowest BCUT2D eigenvalue weighted by atomic mass is 10.1. The Kier molecular flexibility index (Phi) is 3.14. The fourth-order valence-corrected chi connectivity index (χ4v) is 1.42. The molecule has 0 aromatic carbocycles. The van der Waals surface area contributed by atoms with Gasteiger partial charge in [0.05, 0.1) is 0 Å². The third kappa shape index (κ3) is 2.55. The number of carbonyl (C=O) groups is 1. The predicted octanol–water partition coefficient (Wildman–Crippen LogP) is 2.47. The van der Waals surface area contributed by atoms with Gasteiger partial charge in [-0.15, -0.1) is 0 Å². The van der Waals surface area contributed by atoms with Crippen LogP contribution in [-0.2, 0) is 4.79 Å². The van der Waals surface area contributed by atoms with Crippen LogP contribution in [0.5, 0.6) is 0 Å². The van der Waals surface area contributed by atoms with Gasteiger partial charge >= 0.3 is 6.18 Å². The highest BCUT2D eigenvalue weighted by Crippen LogP contribution is 2.25. The van der Waals surface area contributed by atoms with Gasteiger partial charge < -0.3 is 4.52 Å². The lowest BCUT2D eigenvalue weighted by Gasteiger charge is -2.05. The van der Waals surface area contributed by atoms with Crippen molar-refractivity contribution in [3.05, 3.63) is 42.1 Å². The highest BCUT2D eigenvalue weighted by molar-refractivity contribution is 6.00. The number of hydrogen-bond acceptors (Lipinski definition) is 4. The quantitative estimate of drug-likeness (QED) is 0.815. The molecule has 0 unspecified atom stereocenters. The fourth-order valence-electron chi connectivity index (χ4n) is 1.42. The maximum Gasteiger partial charge on any atom is 0.454 e. The van der Waals surface area contributed by atoms with E-state index in [4.69, 9.17) is 0 Å². The topological polar surface area (TPSA) is 56.0 Å². The van der Waals surface area contributed by atoms with Gasteiger partial charge in [0.15, 0.2) is 0 Å². The minimum atomic E-state index is -4.86. The van der Waals surface area contributed by atoms with E-state index in [9.17, 15) is 18.0 Å². The molecule has 0 bridgehead atoms. The monoisotopic (exact) mass is 256 g/mol. The van der Waals surface area contributed by atoms with E-state index in [-0.39, 0.29) is 17.8 Å². The van der Waals surface area contributed by atoms with Crippen molar-refractivity contribution < 1.29 is 22.5 Å². The Bertz CT molecular complexity index is 539. The van der Waals surface area contributed by atoms with Crippen LogP contribution in [0.4, 0.5) is 13.2 Å². The van der Waals surface area contributed by atoms with Crippen LogP contribution in [0.25, 0.3) is 5.57 Å². The molecule has 0 saturated carbocycles. The summed E-state index contributed by atoms with van der Waals surface area (Å²) in [5.41, 5.74) is 0.158. The Morgan fingerprint density at radius 1 is 1.33 bits per heavy atom. The van der Waals surface area contributed by atoms with Crippen LogP contribution in [0, 0.1) is 0 Å². The number of Topliss-reactive ketones (excluding diaryl/α,β-unsaturated/α-hetero) is 1. The Hall–Kier alpha value is -2.18. The van der Waals surface area contributed by atoms with Crippen molar-refractivity contribution in [1.82, 2.24) is 10.1 Å². The number of halogens is 3. The molecule has 0 fully saturated rings. The van der Waals surface area contributed by atoms with Crippen molar-refractivity contribution >= 4 is 11.4 Å². The Morgan fingerprint density at radius 2 is 2.11 bits per heavy atom. The molecule has 0 saturated heterocycles. The molecule has 4 nitrogen and oxygen atoms in total. The molecule has 0 aliphatic heterocycles. The van der Waals surface area contributed by atoms with Crippen molar-refractivity contribution in [2.45, 2.75) is 12.6 Å². The molecule has 0 N–H and O–H groups in total. The number of carbonyl (C=O) groups excluding carboxylic acids is 1. The Labute approximate surface area is 99.5 Å². The second kappa shape index (κ2) is 4.59. The van der Waals surface area contributed by atoms with Gasteiger partial charge in [-0.05, 0) is 6.42 Å². The summed E-state index contributed by atoms with van der Waals surface area (Å²) in [6.07, 6.45) is 1.64. The Morgan fingerprint density at radius 3 is 2.72 bits per heavy atom. The molecule has 18 heavy (non-hydrogen) atoms. The maximum atomic E-state index is 12.3. The summed E-state index contributed by atoms with van der Waals surface area (Å²) in [5, 5.41) is 3.56. The Balaban J connectivity index is 2.28. The van der Waals surface area contributed by atoms with E-state index in [0.29, 0.717) is 5.57 Å². The first-order chi connectivity index (χ1) is 8.48. The first-order valence-electron chi connectivity index (χ1n) is 4.94. The number of alkyl halides is 3. The van der Waals surface area contributed by atoms with E-state index in [2.05, 4.69) is 14.7 Å². The van der Waals surface area contributed by atoms with Crippen molar-refractivity contribution in [1.29, 1.82) is 0 Å². The number of nitrogens with zero attached hydrogens (tertiary/aromatic N) is 2. The number of hydrogen-bond donors (Lipinski definition) is 0. The average Bonchev–Trinajstić information content (AvgIpc) is 2.72. The van der Waals surface area contributed by atoms with Crippen molar-refractivity contribution in [2.75, 3.05) is 0 Å². The minimum Gasteiger partial charge on any atom is -0.342 e. The summed E-state index contributed by atoms with van der Waals surface area (Å²) in [4.78, 5) is 14.8. The molecule has 1 aromatic rings. The SMILES string of the molecule is O=C(C1=CC=C(c2ncon2)C=CC1)C(F)(F)F. The van der Waals surface area contributed by atoms with Gasteiger partial charge in [-0.2, -0.15) is 18.2 Å². The summed E-state index contributed by atoms with van der Waals surface area (Å²) >= 11 is 0. The molecule has 1 aliphatic rings. The summed E-state index contributed by atoms with van der Waals surface area (Å²) < 4.78 is 41.3. The zero-order valence-corrected chi connectivity index (χ0v) is 8.94. The molecular formula is C11H7F3N2O2. The van der Waals surface area contributed by atoms with Gasteiger partial charge in [0.2, 0.25) is 12.2 Å². The first-order valence-corrected chi connectivity index (χ1v) is 4.94. The predicted molar refractivity (Wildman–Crippen MR) is 55.2 cm³/mol.